The lowest BCUT2D eigenvalue weighted by Gasteiger charge is -2.00. The molecule has 0 aliphatic carbocycles. The molecule has 62 valence electrons. The molecule has 1 heterocycles. The monoisotopic (exact) mass is 154 g/mol. The number of nitrogens with zero attached hydrogens (tertiary/aromatic N) is 3. The van der Waals surface area contributed by atoms with Crippen LogP contribution in [-0.4, -0.2) is 28.6 Å². The van der Waals surface area contributed by atoms with Gasteiger partial charge in [0, 0.05) is 6.54 Å². The third-order valence-electron chi connectivity index (χ3n) is 1.79. The van der Waals surface area contributed by atoms with Crippen molar-refractivity contribution >= 4 is 0 Å². The van der Waals surface area contributed by atoms with Gasteiger partial charge in [-0.05, 0) is 20.9 Å². The fourth-order valence-corrected chi connectivity index (χ4v) is 0.877. The van der Waals surface area contributed by atoms with Crippen molar-refractivity contribution in [3.63, 3.8) is 0 Å². The van der Waals surface area contributed by atoms with Crippen LogP contribution in [0, 0.1) is 13.8 Å². The molecular formula is C7H14N4. The minimum absolute atomic E-state index is 0.892. The summed E-state index contributed by atoms with van der Waals surface area (Å²) in [7, 11) is 1.93. The number of hydrogen-bond acceptors (Lipinski definition) is 3. The smallest absolute Gasteiger partial charge is 0.0825 e. The molecule has 0 saturated carbocycles. The van der Waals surface area contributed by atoms with Gasteiger partial charge in [0.1, 0.15) is 0 Å². The summed E-state index contributed by atoms with van der Waals surface area (Å²) in [6, 6.07) is 0. The van der Waals surface area contributed by atoms with Gasteiger partial charge in [0.15, 0.2) is 0 Å². The molecule has 1 aromatic rings. The highest BCUT2D eigenvalue weighted by atomic mass is 15.4. The third-order valence-corrected chi connectivity index (χ3v) is 1.79. The average molecular weight is 154 g/mol. The molecule has 0 aromatic carbocycles. The van der Waals surface area contributed by atoms with Gasteiger partial charge in [0.05, 0.1) is 17.9 Å². The topological polar surface area (TPSA) is 42.7 Å². The predicted octanol–water partition coefficient (Wildman–Crippen LogP) is 0.114. The summed E-state index contributed by atoms with van der Waals surface area (Å²) in [4.78, 5) is 0. The number of nitrogens with one attached hydrogen (secondary N) is 1. The van der Waals surface area contributed by atoms with Crippen LogP contribution in [0.3, 0.4) is 0 Å². The molecular weight excluding hydrogens is 140 g/mol. The highest BCUT2D eigenvalue weighted by Gasteiger charge is 2.01. The highest BCUT2D eigenvalue weighted by molar-refractivity contribution is 5.04. The Hall–Kier alpha value is -0.900. The summed E-state index contributed by atoms with van der Waals surface area (Å²) in [5, 5.41) is 11.0. The molecule has 0 atom stereocenters. The maximum atomic E-state index is 3.98. The Balaban J connectivity index is 2.63. The Bertz CT molecular complexity index is 228. The van der Waals surface area contributed by atoms with Gasteiger partial charge < -0.3 is 5.32 Å². The van der Waals surface area contributed by atoms with Crippen molar-refractivity contribution in [3.8, 4) is 0 Å². The lowest BCUT2D eigenvalue weighted by molar-refractivity contribution is 0.554. The summed E-state index contributed by atoms with van der Waals surface area (Å²) in [5.74, 6) is 0. The van der Waals surface area contributed by atoms with Gasteiger partial charge in [-0.25, -0.2) is 4.68 Å². The van der Waals surface area contributed by atoms with Crippen molar-refractivity contribution in [2.45, 2.75) is 20.4 Å². The minimum atomic E-state index is 0.892. The Morgan fingerprint density at radius 2 is 2.18 bits per heavy atom. The summed E-state index contributed by atoms with van der Waals surface area (Å²) in [6.45, 7) is 5.83. The van der Waals surface area contributed by atoms with Gasteiger partial charge in [-0.3, -0.25) is 0 Å². The van der Waals surface area contributed by atoms with Gasteiger partial charge >= 0.3 is 0 Å². The van der Waals surface area contributed by atoms with Crippen molar-refractivity contribution in [1.82, 2.24) is 20.3 Å². The second kappa shape index (κ2) is 3.48. The van der Waals surface area contributed by atoms with Gasteiger partial charge in [-0.2, -0.15) is 0 Å². The number of rotatable bonds is 3. The molecule has 0 amide bonds. The van der Waals surface area contributed by atoms with Crippen LogP contribution in [0.1, 0.15) is 11.4 Å². The lowest BCUT2D eigenvalue weighted by atomic mass is 10.4. The third kappa shape index (κ3) is 1.77. The van der Waals surface area contributed by atoms with Gasteiger partial charge in [-0.15, -0.1) is 5.10 Å². The lowest BCUT2D eigenvalue weighted by Crippen LogP contribution is -2.16. The molecule has 0 spiro atoms. The fraction of sp³-hybridized carbons (Fsp3) is 0.714. The normalized spacial score (nSPS) is 10.5. The Morgan fingerprint density at radius 1 is 1.45 bits per heavy atom. The van der Waals surface area contributed by atoms with E-state index < -0.39 is 0 Å². The van der Waals surface area contributed by atoms with E-state index in [2.05, 4.69) is 15.6 Å². The molecule has 0 bridgehead atoms. The van der Waals surface area contributed by atoms with E-state index in [4.69, 9.17) is 0 Å². The van der Waals surface area contributed by atoms with Crippen LogP contribution >= 0.6 is 0 Å². The molecule has 1 rings (SSSR count). The van der Waals surface area contributed by atoms with Crippen molar-refractivity contribution in [1.29, 1.82) is 0 Å². The maximum absolute atomic E-state index is 3.98. The first-order chi connectivity index (χ1) is 5.25. The van der Waals surface area contributed by atoms with Crippen LogP contribution in [0.2, 0.25) is 0 Å². The van der Waals surface area contributed by atoms with E-state index in [9.17, 15) is 0 Å². The van der Waals surface area contributed by atoms with Crippen LogP contribution in [0.25, 0.3) is 0 Å². The summed E-state index contributed by atoms with van der Waals surface area (Å²) >= 11 is 0. The molecule has 1 aromatic heterocycles. The summed E-state index contributed by atoms with van der Waals surface area (Å²) in [5.41, 5.74) is 2.17. The van der Waals surface area contributed by atoms with Crippen molar-refractivity contribution in [2.75, 3.05) is 13.6 Å². The average Bonchev–Trinajstić information content (AvgIpc) is 2.31. The molecule has 4 heteroatoms. The number of aromatic nitrogens is 3. The maximum Gasteiger partial charge on any atom is 0.0825 e. The Morgan fingerprint density at radius 3 is 2.64 bits per heavy atom. The first-order valence-electron chi connectivity index (χ1n) is 3.77. The molecule has 11 heavy (non-hydrogen) atoms. The number of hydrogen-bond donors (Lipinski definition) is 1. The highest BCUT2D eigenvalue weighted by Crippen LogP contribution is 1.99. The second-order valence-corrected chi connectivity index (χ2v) is 2.59. The molecule has 0 saturated heterocycles. The second-order valence-electron chi connectivity index (χ2n) is 2.59. The minimum Gasteiger partial charge on any atom is -0.318 e. The van der Waals surface area contributed by atoms with Gasteiger partial charge in [0.2, 0.25) is 0 Å². The van der Waals surface area contributed by atoms with Crippen LogP contribution in [0.5, 0.6) is 0 Å². The molecule has 1 N–H and O–H groups in total. The van der Waals surface area contributed by atoms with E-state index >= 15 is 0 Å². The predicted molar refractivity (Wildman–Crippen MR) is 43.4 cm³/mol. The first kappa shape index (κ1) is 8.20. The van der Waals surface area contributed by atoms with Crippen LogP contribution < -0.4 is 5.32 Å². The van der Waals surface area contributed by atoms with Crippen molar-refractivity contribution in [3.05, 3.63) is 11.4 Å². The molecule has 0 unspecified atom stereocenters. The van der Waals surface area contributed by atoms with Gasteiger partial charge in [0.25, 0.3) is 0 Å². The molecule has 0 aliphatic heterocycles. The van der Waals surface area contributed by atoms with E-state index in [0.29, 0.717) is 0 Å². The SMILES string of the molecule is CNCCn1nnc(C)c1C. The zero-order chi connectivity index (χ0) is 8.27. The van der Waals surface area contributed by atoms with E-state index in [1.807, 2.05) is 25.6 Å². The van der Waals surface area contributed by atoms with Gasteiger partial charge in [-0.1, -0.05) is 5.21 Å². The Kier molecular flexibility index (Phi) is 2.59. The molecule has 4 nitrogen and oxygen atoms in total. The largest absolute Gasteiger partial charge is 0.318 e. The molecule has 0 radical (unpaired) electrons. The Labute approximate surface area is 66.6 Å². The van der Waals surface area contributed by atoms with E-state index in [1.54, 1.807) is 0 Å². The summed E-state index contributed by atoms with van der Waals surface area (Å²) in [6.07, 6.45) is 0. The number of aryl methyl sites for hydroxylation is 1. The van der Waals surface area contributed by atoms with Crippen LogP contribution in [0.4, 0.5) is 0 Å². The first-order valence-corrected chi connectivity index (χ1v) is 3.77. The fourth-order valence-electron chi connectivity index (χ4n) is 0.877. The number of likely N-dealkylation sites (N-methyl/N-ethyl adjacent to an activating group) is 1. The van der Waals surface area contributed by atoms with Crippen molar-refractivity contribution in [2.24, 2.45) is 0 Å². The summed E-state index contributed by atoms with van der Waals surface area (Å²) < 4.78 is 1.91. The van der Waals surface area contributed by atoms with Crippen LogP contribution in [-0.2, 0) is 6.54 Å². The van der Waals surface area contributed by atoms with Crippen molar-refractivity contribution < 1.29 is 0 Å². The van der Waals surface area contributed by atoms with Crippen LogP contribution in [0.15, 0.2) is 0 Å². The molecule has 0 aliphatic rings. The van der Waals surface area contributed by atoms with E-state index in [1.165, 1.54) is 0 Å². The van der Waals surface area contributed by atoms with E-state index in [-0.39, 0.29) is 0 Å². The quantitative estimate of drug-likeness (QED) is 0.672. The van der Waals surface area contributed by atoms with E-state index in [0.717, 1.165) is 24.5 Å². The zero-order valence-electron chi connectivity index (χ0n) is 7.26. The molecule has 0 fully saturated rings. The zero-order valence-corrected chi connectivity index (χ0v) is 7.26. The standard InChI is InChI=1S/C7H14N4/c1-6-7(2)11(10-9-6)5-4-8-3/h8H,4-5H2,1-3H3.